The van der Waals surface area contributed by atoms with Gasteiger partial charge in [0.25, 0.3) is 0 Å². The molecule has 3 rings (SSSR count). The molecule has 1 saturated carbocycles. The maximum atomic E-state index is 9.95. The van der Waals surface area contributed by atoms with E-state index in [-0.39, 0.29) is 6.61 Å². The number of aliphatic hydroxyl groups excluding tert-OH is 2. The lowest BCUT2D eigenvalue weighted by Gasteiger charge is -2.03. The Morgan fingerprint density at radius 2 is 2.28 bits per heavy atom. The lowest BCUT2D eigenvalue weighted by molar-refractivity contribution is 0.149. The van der Waals surface area contributed by atoms with E-state index in [2.05, 4.69) is 15.3 Å². The van der Waals surface area contributed by atoms with Crippen molar-refractivity contribution in [1.82, 2.24) is 20.0 Å². The van der Waals surface area contributed by atoms with Gasteiger partial charge in [-0.2, -0.15) is 0 Å². The van der Waals surface area contributed by atoms with Crippen molar-refractivity contribution in [3.8, 4) is 5.69 Å². The summed E-state index contributed by atoms with van der Waals surface area (Å²) < 4.78 is 1.59. The first-order chi connectivity index (χ1) is 8.78. The Bertz CT molecular complexity index is 551. The molecule has 1 aliphatic carbocycles. The molecule has 0 amide bonds. The van der Waals surface area contributed by atoms with Crippen molar-refractivity contribution in [3.63, 3.8) is 0 Å². The molecular weight excluding hydrogens is 232 g/mol. The highest BCUT2D eigenvalue weighted by molar-refractivity contribution is 5.31. The van der Waals surface area contributed by atoms with E-state index < -0.39 is 6.10 Å². The first kappa shape index (κ1) is 11.3. The Balaban J connectivity index is 1.87. The molecule has 1 atom stereocenters. The second kappa shape index (κ2) is 4.47. The molecule has 0 aliphatic heterocycles. The summed E-state index contributed by atoms with van der Waals surface area (Å²) in [5.74, 6) is 0.334. The SMILES string of the molecule is OCc1cc(-n2cc(C(O)C3CC3)nn2)ccn1. The van der Waals surface area contributed by atoms with Gasteiger partial charge in [-0.05, 0) is 30.9 Å². The molecule has 0 bridgehead atoms. The molecule has 6 nitrogen and oxygen atoms in total. The monoisotopic (exact) mass is 246 g/mol. The molecule has 1 aliphatic rings. The fraction of sp³-hybridized carbons (Fsp3) is 0.417. The largest absolute Gasteiger partial charge is 0.390 e. The summed E-state index contributed by atoms with van der Waals surface area (Å²) in [6.45, 7) is -0.111. The molecule has 94 valence electrons. The minimum atomic E-state index is -0.516. The molecule has 2 heterocycles. The van der Waals surface area contributed by atoms with Gasteiger partial charge in [0.2, 0.25) is 0 Å². The van der Waals surface area contributed by atoms with E-state index in [4.69, 9.17) is 5.11 Å². The Morgan fingerprint density at radius 1 is 1.44 bits per heavy atom. The van der Waals surface area contributed by atoms with Crippen molar-refractivity contribution >= 4 is 0 Å². The highest BCUT2D eigenvalue weighted by Gasteiger charge is 2.32. The van der Waals surface area contributed by atoms with Crippen molar-refractivity contribution in [1.29, 1.82) is 0 Å². The van der Waals surface area contributed by atoms with Gasteiger partial charge in [-0.15, -0.1) is 5.10 Å². The van der Waals surface area contributed by atoms with Gasteiger partial charge in [0.15, 0.2) is 0 Å². The maximum Gasteiger partial charge on any atom is 0.112 e. The average Bonchev–Trinajstić information content (AvgIpc) is 3.15. The van der Waals surface area contributed by atoms with Crippen molar-refractivity contribution in [2.24, 2.45) is 5.92 Å². The average molecular weight is 246 g/mol. The number of hydrogen-bond donors (Lipinski definition) is 2. The quantitative estimate of drug-likeness (QED) is 0.825. The number of hydrogen-bond acceptors (Lipinski definition) is 5. The van der Waals surface area contributed by atoms with E-state index >= 15 is 0 Å². The predicted molar refractivity (Wildman–Crippen MR) is 62.8 cm³/mol. The third-order valence-corrected chi connectivity index (χ3v) is 3.11. The van der Waals surface area contributed by atoms with Crippen LogP contribution < -0.4 is 0 Å². The summed E-state index contributed by atoms with van der Waals surface area (Å²) in [6, 6.07) is 3.52. The molecule has 1 fully saturated rings. The van der Waals surface area contributed by atoms with E-state index in [1.165, 1.54) is 0 Å². The van der Waals surface area contributed by atoms with Crippen LogP contribution >= 0.6 is 0 Å². The number of aliphatic hydroxyl groups is 2. The van der Waals surface area contributed by atoms with E-state index in [0.717, 1.165) is 18.5 Å². The van der Waals surface area contributed by atoms with Crippen LogP contribution in [0.5, 0.6) is 0 Å². The van der Waals surface area contributed by atoms with E-state index in [1.54, 1.807) is 29.2 Å². The first-order valence-electron chi connectivity index (χ1n) is 5.94. The second-order valence-electron chi connectivity index (χ2n) is 4.53. The van der Waals surface area contributed by atoms with Crippen LogP contribution in [0.15, 0.2) is 24.5 Å². The smallest absolute Gasteiger partial charge is 0.112 e. The van der Waals surface area contributed by atoms with Crippen LogP contribution in [0.4, 0.5) is 0 Å². The van der Waals surface area contributed by atoms with Crippen molar-refractivity contribution in [2.75, 3.05) is 0 Å². The van der Waals surface area contributed by atoms with Crippen LogP contribution in [0.25, 0.3) is 5.69 Å². The van der Waals surface area contributed by atoms with Gasteiger partial charge in [0.05, 0.1) is 24.2 Å². The van der Waals surface area contributed by atoms with Crippen molar-refractivity contribution in [3.05, 3.63) is 35.9 Å². The molecule has 0 radical (unpaired) electrons. The number of pyridine rings is 1. The molecule has 6 heteroatoms. The zero-order valence-electron chi connectivity index (χ0n) is 9.77. The van der Waals surface area contributed by atoms with E-state index in [9.17, 15) is 5.11 Å². The summed E-state index contributed by atoms with van der Waals surface area (Å²) in [6.07, 6.45) is 4.92. The topological polar surface area (TPSA) is 84.1 Å². The normalized spacial score (nSPS) is 16.8. The molecule has 0 saturated heterocycles. The Hall–Kier alpha value is -1.79. The van der Waals surface area contributed by atoms with Gasteiger partial charge in [0, 0.05) is 6.20 Å². The Kier molecular flexibility index (Phi) is 2.81. The van der Waals surface area contributed by atoms with Crippen LogP contribution in [-0.4, -0.2) is 30.2 Å². The van der Waals surface area contributed by atoms with E-state index in [1.807, 2.05) is 0 Å². The number of aromatic nitrogens is 4. The molecule has 2 N–H and O–H groups in total. The molecule has 18 heavy (non-hydrogen) atoms. The van der Waals surface area contributed by atoms with Crippen molar-refractivity contribution in [2.45, 2.75) is 25.6 Å². The Labute approximate surface area is 104 Å². The predicted octanol–water partition coefficient (Wildman–Crippen LogP) is 0.598. The third kappa shape index (κ3) is 2.12. The fourth-order valence-electron chi connectivity index (χ4n) is 1.89. The van der Waals surface area contributed by atoms with E-state index in [0.29, 0.717) is 17.3 Å². The van der Waals surface area contributed by atoms with Crippen LogP contribution in [-0.2, 0) is 6.61 Å². The summed E-state index contributed by atoms with van der Waals surface area (Å²) in [4.78, 5) is 4.00. The number of nitrogens with zero attached hydrogens (tertiary/aromatic N) is 4. The molecule has 0 spiro atoms. The molecule has 1 unspecified atom stereocenters. The van der Waals surface area contributed by atoms with Gasteiger partial charge >= 0.3 is 0 Å². The van der Waals surface area contributed by atoms with Gasteiger partial charge in [-0.3, -0.25) is 4.98 Å². The van der Waals surface area contributed by atoms with Gasteiger partial charge in [0.1, 0.15) is 11.8 Å². The van der Waals surface area contributed by atoms with Crippen molar-refractivity contribution < 1.29 is 10.2 Å². The molecular formula is C12H14N4O2. The highest BCUT2D eigenvalue weighted by atomic mass is 16.3. The maximum absolute atomic E-state index is 9.95. The van der Waals surface area contributed by atoms with Crippen LogP contribution in [0.2, 0.25) is 0 Å². The van der Waals surface area contributed by atoms with Gasteiger partial charge in [-0.25, -0.2) is 4.68 Å². The minimum absolute atomic E-state index is 0.111. The first-order valence-corrected chi connectivity index (χ1v) is 5.94. The lowest BCUT2D eigenvalue weighted by Crippen LogP contribution is -1.99. The standard InChI is InChI=1S/C12H14N4O2/c17-7-9-5-10(3-4-13-9)16-6-11(14-15-16)12(18)8-1-2-8/h3-6,8,12,17-18H,1-2,7H2. The lowest BCUT2D eigenvalue weighted by atomic mass is 10.2. The Morgan fingerprint density at radius 3 is 3.00 bits per heavy atom. The molecule has 2 aromatic rings. The van der Waals surface area contributed by atoms with Gasteiger partial charge < -0.3 is 10.2 Å². The number of rotatable bonds is 4. The van der Waals surface area contributed by atoms with Crippen LogP contribution in [0, 0.1) is 5.92 Å². The highest BCUT2D eigenvalue weighted by Crippen LogP contribution is 2.40. The van der Waals surface area contributed by atoms with Crippen LogP contribution in [0.3, 0.4) is 0 Å². The summed E-state index contributed by atoms with van der Waals surface area (Å²) >= 11 is 0. The zero-order valence-corrected chi connectivity index (χ0v) is 9.77. The minimum Gasteiger partial charge on any atom is -0.390 e. The zero-order chi connectivity index (χ0) is 12.5. The molecule has 0 aromatic carbocycles. The fourth-order valence-corrected chi connectivity index (χ4v) is 1.89. The van der Waals surface area contributed by atoms with Gasteiger partial charge in [-0.1, -0.05) is 5.21 Å². The summed E-state index contributed by atoms with van der Waals surface area (Å²) in [5.41, 5.74) is 1.95. The van der Waals surface area contributed by atoms with Crippen LogP contribution in [0.1, 0.15) is 30.3 Å². The second-order valence-corrected chi connectivity index (χ2v) is 4.53. The third-order valence-electron chi connectivity index (χ3n) is 3.11. The molecule has 2 aromatic heterocycles. The summed E-state index contributed by atoms with van der Waals surface area (Å²) in [7, 11) is 0. The summed E-state index contributed by atoms with van der Waals surface area (Å²) in [5, 5.41) is 27.0.